The monoisotopic (exact) mass is 278 g/mol. The maximum Gasteiger partial charge on any atom is 0.0455 e. The molecule has 3 heteroatoms. The van der Waals surface area contributed by atoms with E-state index in [4.69, 9.17) is 11.6 Å². The Balaban J connectivity index is 1.78. The Morgan fingerprint density at radius 1 is 1.11 bits per heavy atom. The zero-order valence-corrected chi connectivity index (χ0v) is 12.5. The van der Waals surface area contributed by atoms with Gasteiger partial charge in [0.2, 0.25) is 0 Å². The number of halogens is 1. The molecule has 0 radical (unpaired) electrons. The highest BCUT2D eigenvalue weighted by Gasteiger charge is 2.27. The Bertz CT molecular complexity index is 446. The van der Waals surface area contributed by atoms with E-state index in [1.165, 1.54) is 56.6 Å². The highest BCUT2D eigenvalue weighted by atomic mass is 35.5. The average molecular weight is 279 g/mol. The van der Waals surface area contributed by atoms with Gasteiger partial charge >= 0.3 is 0 Å². The van der Waals surface area contributed by atoms with Gasteiger partial charge in [0.15, 0.2) is 0 Å². The van der Waals surface area contributed by atoms with E-state index in [-0.39, 0.29) is 0 Å². The Kier molecular flexibility index (Phi) is 3.99. The van der Waals surface area contributed by atoms with Crippen molar-refractivity contribution >= 4 is 17.3 Å². The SMILES string of the molecule is Cc1ccc(N2CCCN3CCCCC3C2)cc1Cl. The molecule has 0 bridgehead atoms. The average Bonchev–Trinajstić information content (AvgIpc) is 2.64. The van der Waals surface area contributed by atoms with E-state index < -0.39 is 0 Å². The van der Waals surface area contributed by atoms with Crippen LogP contribution >= 0.6 is 11.6 Å². The first-order valence-electron chi connectivity index (χ1n) is 7.49. The van der Waals surface area contributed by atoms with E-state index >= 15 is 0 Å². The fraction of sp³-hybridized carbons (Fsp3) is 0.625. The molecule has 1 aromatic carbocycles. The molecule has 0 aliphatic carbocycles. The summed E-state index contributed by atoms with van der Waals surface area (Å²) in [4.78, 5) is 5.22. The molecule has 1 aromatic rings. The van der Waals surface area contributed by atoms with E-state index in [1.54, 1.807) is 0 Å². The normalized spacial score (nSPS) is 24.9. The van der Waals surface area contributed by atoms with Gasteiger partial charge in [-0.2, -0.15) is 0 Å². The van der Waals surface area contributed by atoms with Gasteiger partial charge in [-0.1, -0.05) is 24.1 Å². The van der Waals surface area contributed by atoms with Gasteiger partial charge < -0.3 is 4.90 Å². The molecule has 3 rings (SSSR count). The first-order valence-corrected chi connectivity index (χ1v) is 7.87. The van der Waals surface area contributed by atoms with Gasteiger partial charge in [-0.25, -0.2) is 0 Å². The van der Waals surface area contributed by atoms with Crippen molar-refractivity contribution in [2.75, 3.05) is 31.1 Å². The van der Waals surface area contributed by atoms with Crippen LogP contribution in [0, 0.1) is 6.92 Å². The smallest absolute Gasteiger partial charge is 0.0455 e. The number of benzene rings is 1. The van der Waals surface area contributed by atoms with E-state index in [9.17, 15) is 0 Å². The Labute approximate surface area is 121 Å². The maximum atomic E-state index is 6.27. The highest BCUT2D eigenvalue weighted by Crippen LogP contribution is 2.27. The minimum absolute atomic E-state index is 0.747. The molecule has 2 heterocycles. The highest BCUT2D eigenvalue weighted by molar-refractivity contribution is 6.31. The minimum atomic E-state index is 0.747. The van der Waals surface area contributed by atoms with Crippen LogP contribution in [0.5, 0.6) is 0 Å². The molecule has 0 spiro atoms. The van der Waals surface area contributed by atoms with Crippen LogP contribution in [-0.4, -0.2) is 37.1 Å². The van der Waals surface area contributed by atoms with Gasteiger partial charge in [0.25, 0.3) is 0 Å². The van der Waals surface area contributed by atoms with Crippen molar-refractivity contribution in [2.24, 2.45) is 0 Å². The Morgan fingerprint density at radius 3 is 2.79 bits per heavy atom. The van der Waals surface area contributed by atoms with Crippen molar-refractivity contribution in [3.63, 3.8) is 0 Å². The van der Waals surface area contributed by atoms with Gasteiger partial charge in [0.1, 0.15) is 0 Å². The summed E-state index contributed by atoms with van der Waals surface area (Å²) in [5.41, 5.74) is 2.46. The first kappa shape index (κ1) is 13.3. The molecule has 2 nitrogen and oxygen atoms in total. The van der Waals surface area contributed by atoms with E-state index in [0.717, 1.165) is 17.6 Å². The van der Waals surface area contributed by atoms with Crippen LogP contribution in [0.15, 0.2) is 18.2 Å². The largest absolute Gasteiger partial charge is 0.370 e. The zero-order chi connectivity index (χ0) is 13.2. The second kappa shape index (κ2) is 5.72. The number of piperidine rings is 1. The van der Waals surface area contributed by atoms with Crippen molar-refractivity contribution < 1.29 is 0 Å². The van der Waals surface area contributed by atoms with Crippen molar-refractivity contribution in [1.29, 1.82) is 0 Å². The number of anilines is 1. The summed E-state index contributed by atoms with van der Waals surface area (Å²) < 4.78 is 0. The van der Waals surface area contributed by atoms with Crippen LogP contribution in [0.25, 0.3) is 0 Å². The third-order valence-corrected chi connectivity index (χ3v) is 4.98. The van der Waals surface area contributed by atoms with E-state index in [1.807, 2.05) is 0 Å². The lowest BCUT2D eigenvalue weighted by atomic mass is 10.0. The third-order valence-electron chi connectivity index (χ3n) is 4.57. The molecule has 0 amide bonds. The summed E-state index contributed by atoms with van der Waals surface area (Å²) in [6, 6.07) is 7.24. The molecular weight excluding hydrogens is 256 g/mol. The minimum Gasteiger partial charge on any atom is -0.370 e. The van der Waals surface area contributed by atoms with Gasteiger partial charge in [-0.05, 0) is 50.4 Å². The Hall–Kier alpha value is -0.730. The standard InChI is InChI=1S/C16H23ClN2/c1-13-6-7-14(11-16(13)17)19-10-4-9-18-8-3-2-5-15(18)12-19/h6-7,11,15H,2-5,8-10,12H2,1H3. The summed E-state index contributed by atoms with van der Waals surface area (Å²) in [6.45, 7) is 6.96. The number of nitrogens with zero attached hydrogens (tertiary/aromatic N) is 2. The van der Waals surface area contributed by atoms with Crippen LogP contribution < -0.4 is 4.90 Å². The number of aryl methyl sites for hydroxylation is 1. The Morgan fingerprint density at radius 2 is 1.95 bits per heavy atom. The number of rotatable bonds is 1. The predicted molar refractivity (Wildman–Crippen MR) is 82.2 cm³/mol. The molecule has 2 aliphatic heterocycles. The topological polar surface area (TPSA) is 6.48 Å². The molecule has 1 atom stereocenters. The second-order valence-electron chi connectivity index (χ2n) is 5.92. The van der Waals surface area contributed by atoms with Crippen LogP contribution in [0.3, 0.4) is 0 Å². The first-order chi connectivity index (χ1) is 9.24. The zero-order valence-electron chi connectivity index (χ0n) is 11.7. The van der Waals surface area contributed by atoms with Gasteiger partial charge in [0, 0.05) is 36.4 Å². The quantitative estimate of drug-likeness (QED) is 0.773. The molecule has 1 unspecified atom stereocenters. The molecule has 0 aromatic heterocycles. The van der Waals surface area contributed by atoms with Crippen LogP contribution in [0.1, 0.15) is 31.2 Å². The van der Waals surface area contributed by atoms with Crippen molar-refractivity contribution in [2.45, 2.75) is 38.6 Å². The molecule has 2 saturated heterocycles. The van der Waals surface area contributed by atoms with E-state index in [0.29, 0.717) is 0 Å². The number of hydrogen-bond acceptors (Lipinski definition) is 2. The molecule has 104 valence electrons. The predicted octanol–water partition coefficient (Wildman–Crippen LogP) is 3.71. The summed E-state index contributed by atoms with van der Waals surface area (Å²) >= 11 is 6.27. The fourth-order valence-corrected chi connectivity index (χ4v) is 3.56. The fourth-order valence-electron chi connectivity index (χ4n) is 3.38. The van der Waals surface area contributed by atoms with Crippen LogP contribution in [0.4, 0.5) is 5.69 Å². The molecule has 2 fully saturated rings. The maximum absolute atomic E-state index is 6.27. The van der Waals surface area contributed by atoms with Crippen molar-refractivity contribution in [1.82, 2.24) is 4.90 Å². The van der Waals surface area contributed by atoms with Crippen molar-refractivity contribution in [3.05, 3.63) is 28.8 Å². The second-order valence-corrected chi connectivity index (χ2v) is 6.33. The third kappa shape index (κ3) is 2.90. The molecule has 0 N–H and O–H groups in total. The summed E-state index contributed by atoms with van der Waals surface area (Å²) in [6.07, 6.45) is 5.40. The molecule has 19 heavy (non-hydrogen) atoms. The molecular formula is C16H23ClN2. The lowest BCUT2D eigenvalue weighted by Crippen LogP contribution is -2.44. The summed E-state index contributed by atoms with van der Waals surface area (Å²) in [7, 11) is 0. The van der Waals surface area contributed by atoms with Crippen LogP contribution in [-0.2, 0) is 0 Å². The molecule has 0 saturated carbocycles. The number of hydrogen-bond donors (Lipinski definition) is 0. The number of fused-ring (bicyclic) bond motifs is 1. The van der Waals surface area contributed by atoms with Gasteiger partial charge in [-0.15, -0.1) is 0 Å². The van der Waals surface area contributed by atoms with Crippen LogP contribution in [0.2, 0.25) is 5.02 Å². The van der Waals surface area contributed by atoms with E-state index in [2.05, 4.69) is 34.9 Å². The van der Waals surface area contributed by atoms with Crippen molar-refractivity contribution in [3.8, 4) is 0 Å². The van der Waals surface area contributed by atoms with Gasteiger partial charge in [0.05, 0.1) is 0 Å². The van der Waals surface area contributed by atoms with Gasteiger partial charge in [-0.3, -0.25) is 4.90 Å². The summed E-state index contributed by atoms with van der Waals surface area (Å²) in [5.74, 6) is 0. The molecule has 2 aliphatic rings. The lowest BCUT2D eigenvalue weighted by molar-refractivity contribution is 0.162. The lowest BCUT2D eigenvalue weighted by Gasteiger charge is -2.36. The summed E-state index contributed by atoms with van der Waals surface area (Å²) in [5, 5.41) is 0.891.